The van der Waals surface area contributed by atoms with Gasteiger partial charge in [0.15, 0.2) is 0 Å². The van der Waals surface area contributed by atoms with Gasteiger partial charge < -0.3 is 24.6 Å². The standard InChI is InChI=1S/C21H25NO7/c1-12-17(20(24)25)19(15-7-5-8-16(11-15)27-4)18(13(2)22-12)21(26)29-10-6-9-28-14(3)23/h5,7-8,11,19,22H,6,9-10H2,1-4H3,(H,24,25). The number of ether oxygens (including phenoxy) is 3. The highest BCUT2D eigenvalue weighted by molar-refractivity contribution is 5.99. The van der Waals surface area contributed by atoms with Gasteiger partial charge in [-0.25, -0.2) is 9.59 Å². The molecule has 1 heterocycles. The van der Waals surface area contributed by atoms with E-state index < -0.39 is 23.8 Å². The van der Waals surface area contributed by atoms with Gasteiger partial charge in [-0.05, 0) is 31.5 Å². The average Bonchev–Trinajstić information content (AvgIpc) is 2.66. The number of nitrogens with one attached hydrogen (secondary N) is 1. The van der Waals surface area contributed by atoms with Crippen molar-refractivity contribution in [1.29, 1.82) is 0 Å². The maximum Gasteiger partial charge on any atom is 0.336 e. The van der Waals surface area contributed by atoms with Crippen LogP contribution in [0.3, 0.4) is 0 Å². The fourth-order valence-electron chi connectivity index (χ4n) is 3.22. The summed E-state index contributed by atoms with van der Waals surface area (Å²) in [5.41, 5.74) is 1.86. The Labute approximate surface area is 169 Å². The maximum atomic E-state index is 12.8. The Balaban J connectivity index is 2.34. The van der Waals surface area contributed by atoms with Gasteiger partial charge in [0.1, 0.15) is 5.75 Å². The van der Waals surface area contributed by atoms with Crippen molar-refractivity contribution in [3.05, 3.63) is 52.4 Å². The van der Waals surface area contributed by atoms with Crippen LogP contribution in [0.1, 0.15) is 38.7 Å². The molecular formula is C21H25NO7. The Morgan fingerprint density at radius 1 is 1.07 bits per heavy atom. The van der Waals surface area contributed by atoms with Gasteiger partial charge in [-0.15, -0.1) is 0 Å². The molecule has 1 atom stereocenters. The zero-order chi connectivity index (χ0) is 21.6. The minimum Gasteiger partial charge on any atom is -0.497 e. The molecule has 1 aromatic carbocycles. The summed E-state index contributed by atoms with van der Waals surface area (Å²) in [4.78, 5) is 35.6. The third-order valence-electron chi connectivity index (χ3n) is 4.46. The number of hydrogen-bond donors (Lipinski definition) is 2. The van der Waals surface area contributed by atoms with Crippen LogP contribution in [0, 0.1) is 0 Å². The van der Waals surface area contributed by atoms with Crippen molar-refractivity contribution in [2.75, 3.05) is 20.3 Å². The summed E-state index contributed by atoms with van der Waals surface area (Å²) in [7, 11) is 1.51. The van der Waals surface area contributed by atoms with Crippen molar-refractivity contribution in [1.82, 2.24) is 5.32 Å². The van der Waals surface area contributed by atoms with Gasteiger partial charge in [0.25, 0.3) is 0 Å². The van der Waals surface area contributed by atoms with E-state index in [1.165, 1.54) is 14.0 Å². The van der Waals surface area contributed by atoms with Gasteiger partial charge in [-0.3, -0.25) is 4.79 Å². The van der Waals surface area contributed by atoms with E-state index in [0.29, 0.717) is 29.1 Å². The normalized spacial score (nSPS) is 16.2. The molecule has 0 fully saturated rings. The summed E-state index contributed by atoms with van der Waals surface area (Å²) in [6, 6.07) is 6.93. The number of carbonyl (C=O) groups excluding carboxylic acids is 2. The maximum absolute atomic E-state index is 12.8. The van der Waals surface area contributed by atoms with E-state index in [1.54, 1.807) is 38.1 Å². The number of hydrogen-bond acceptors (Lipinski definition) is 7. The lowest BCUT2D eigenvalue weighted by molar-refractivity contribution is -0.142. The molecule has 0 bridgehead atoms. The van der Waals surface area contributed by atoms with E-state index in [1.807, 2.05) is 0 Å². The number of esters is 2. The summed E-state index contributed by atoms with van der Waals surface area (Å²) < 4.78 is 15.4. The lowest BCUT2D eigenvalue weighted by atomic mass is 9.80. The highest BCUT2D eigenvalue weighted by Crippen LogP contribution is 2.39. The third-order valence-corrected chi connectivity index (χ3v) is 4.46. The quantitative estimate of drug-likeness (QED) is 0.503. The minimum atomic E-state index is -1.13. The van der Waals surface area contributed by atoms with Crippen LogP contribution in [0.2, 0.25) is 0 Å². The topological polar surface area (TPSA) is 111 Å². The molecule has 0 saturated heterocycles. The largest absolute Gasteiger partial charge is 0.497 e. The van der Waals surface area contributed by atoms with E-state index in [4.69, 9.17) is 14.2 Å². The minimum absolute atomic E-state index is 0.0405. The number of carboxylic acids is 1. The molecule has 1 unspecified atom stereocenters. The van der Waals surface area contributed by atoms with Gasteiger partial charge in [-0.1, -0.05) is 12.1 Å². The number of methoxy groups -OCH3 is 1. The fraction of sp³-hybridized carbons (Fsp3) is 0.381. The molecule has 0 aromatic heterocycles. The molecule has 1 aromatic rings. The summed E-state index contributed by atoms with van der Waals surface area (Å²) in [5, 5.41) is 12.8. The van der Waals surface area contributed by atoms with Crippen LogP contribution in [-0.2, 0) is 23.9 Å². The molecule has 0 amide bonds. The molecule has 8 nitrogen and oxygen atoms in total. The third kappa shape index (κ3) is 5.37. The molecule has 2 rings (SSSR count). The Morgan fingerprint density at radius 3 is 2.34 bits per heavy atom. The van der Waals surface area contributed by atoms with Crippen molar-refractivity contribution < 1.29 is 33.7 Å². The van der Waals surface area contributed by atoms with Crippen LogP contribution in [0.4, 0.5) is 0 Å². The summed E-state index contributed by atoms with van der Waals surface area (Å²) in [5.74, 6) is -2.43. The second kappa shape index (κ2) is 9.77. The zero-order valence-electron chi connectivity index (χ0n) is 16.9. The first-order chi connectivity index (χ1) is 13.8. The van der Waals surface area contributed by atoms with Gasteiger partial charge in [0.2, 0.25) is 0 Å². The smallest absolute Gasteiger partial charge is 0.336 e. The Kier molecular flexibility index (Phi) is 7.41. The van der Waals surface area contributed by atoms with Crippen molar-refractivity contribution in [3.8, 4) is 5.75 Å². The molecule has 1 aliphatic rings. The average molecular weight is 403 g/mol. The van der Waals surface area contributed by atoms with Crippen molar-refractivity contribution >= 4 is 17.9 Å². The lowest BCUT2D eigenvalue weighted by Gasteiger charge is -2.29. The van der Waals surface area contributed by atoms with Gasteiger partial charge in [0.05, 0.1) is 37.4 Å². The molecule has 8 heteroatoms. The monoisotopic (exact) mass is 403 g/mol. The highest BCUT2D eigenvalue weighted by atomic mass is 16.5. The zero-order valence-corrected chi connectivity index (χ0v) is 16.9. The van der Waals surface area contributed by atoms with Crippen molar-refractivity contribution in [3.63, 3.8) is 0 Å². The number of dihydropyridines is 1. The first-order valence-corrected chi connectivity index (χ1v) is 9.12. The van der Waals surface area contributed by atoms with E-state index in [9.17, 15) is 19.5 Å². The fourth-order valence-corrected chi connectivity index (χ4v) is 3.22. The molecule has 156 valence electrons. The van der Waals surface area contributed by atoms with Crippen LogP contribution >= 0.6 is 0 Å². The number of rotatable bonds is 8. The molecule has 2 N–H and O–H groups in total. The second-order valence-corrected chi connectivity index (χ2v) is 6.55. The van der Waals surface area contributed by atoms with E-state index in [0.717, 1.165) is 0 Å². The van der Waals surface area contributed by atoms with E-state index >= 15 is 0 Å². The summed E-state index contributed by atoms with van der Waals surface area (Å²) >= 11 is 0. The number of benzene rings is 1. The number of aliphatic carboxylic acids is 1. The Hall–Kier alpha value is -3.29. The Morgan fingerprint density at radius 2 is 1.72 bits per heavy atom. The summed E-state index contributed by atoms with van der Waals surface area (Å²) in [6.07, 6.45) is 0.343. The van der Waals surface area contributed by atoms with Crippen LogP contribution in [0.25, 0.3) is 0 Å². The number of allylic oxidation sites excluding steroid dienone is 2. The van der Waals surface area contributed by atoms with Gasteiger partial charge in [0, 0.05) is 24.7 Å². The van der Waals surface area contributed by atoms with Crippen LogP contribution in [0.5, 0.6) is 5.75 Å². The second-order valence-electron chi connectivity index (χ2n) is 6.55. The Bertz CT molecular complexity index is 870. The SMILES string of the molecule is COc1cccc(C2C(C(=O)O)=C(C)NC(C)=C2C(=O)OCCCOC(C)=O)c1. The molecule has 0 spiro atoms. The first kappa shape index (κ1) is 22.0. The summed E-state index contributed by atoms with van der Waals surface area (Å²) in [6.45, 7) is 4.83. The molecular weight excluding hydrogens is 378 g/mol. The van der Waals surface area contributed by atoms with Crippen molar-refractivity contribution in [2.45, 2.75) is 33.1 Å². The molecule has 29 heavy (non-hydrogen) atoms. The van der Waals surface area contributed by atoms with Gasteiger partial charge in [-0.2, -0.15) is 0 Å². The first-order valence-electron chi connectivity index (χ1n) is 9.12. The van der Waals surface area contributed by atoms with E-state index in [-0.39, 0.29) is 24.4 Å². The highest BCUT2D eigenvalue weighted by Gasteiger charge is 2.37. The molecule has 0 aliphatic carbocycles. The predicted molar refractivity (Wildman–Crippen MR) is 104 cm³/mol. The molecule has 1 aliphatic heterocycles. The van der Waals surface area contributed by atoms with Gasteiger partial charge >= 0.3 is 17.9 Å². The lowest BCUT2D eigenvalue weighted by Crippen LogP contribution is -2.32. The van der Waals surface area contributed by atoms with Crippen molar-refractivity contribution in [2.24, 2.45) is 0 Å². The molecule has 0 saturated carbocycles. The predicted octanol–water partition coefficient (Wildman–Crippen LogP) is 2.51. The number of carbonyl (C=O) groups is 3. The number of carboxylic acid groups (broad SMARTS) is 1. The van der Waals surface area contributed by atoms with E-state index in [2.05, 4.69) is 5.32 Å². The van der Waals surface area contributed by atoms with Crippen LogP contribution in [0.15, 0.2) is 46.8 Å². The van der Waals surface area contributed by atoms with Crippen LogP contribution in [-0.4, -0.2) is 43.3 Å². The molecule has 0 radical (unpaired) electrons. The van der Waals surface area contributed by atoms with Crippen LogP contribution < -0.4 is 10.1 Å².